The summed E-state index contributed by atoms with van der Waals surface area (Å²) < 4.78 is 23.5. The lowest BCUT2D eigenvalue weighted by Crippen LogP contribution is -2.07. The van der Waals surface area contributed by atoms with Gasteiger partial charge in [0, 0.05) is 6.26 Å². The second-order valence-corrected chi connectivity index (χ2v) is 7.64. The molecule has 3 aromatic rings. The smallest absolute Gasteiger partial charge is 0.191 e. The zero-order valence-electron chi connectivity index (χ0n) is 11.8. The number of H-pyrrole nitrogens is 1. The van der Waals surface area contributed by atoms with E-state index in [2.05, 4.69) is 20.5 Å². The van der Waals surface area contributed by atoms with Gasteiger partial charge in [0.05, 0.1) is 22.0 Å². The first-order chi connectivity index (χ1) is 10.5. The van der Waals surface area contributed by atoms with E-state index >= 15 is 0 Å². The maximum atomic E-state index is 11.8. The first-order valence-corrected chi connectivity index (χ1v) is 9.29. The first-order valence-electron chi connectivity index (χ1n) is 6.52. The van der Waals surface area contributed by atoms with Crippen molar-refractivity contribution in [2.75, 3.05) is 11.6 Å². The normalized spacial score (nSPS) is 11.5. The molecule has 0 aliphatic rings. The van der Waals surface area contributed by atoms with Gasteiger partial charge in [0.15, 0.2) is 15.7 Å². The molecule has 0 atom stereocenters. The van der Waals surface area contributed by atoms with Crippen LogP contribution in [0.2, 0.25) is 0 Å². The second-order valence-electron chi connectivity index (χ2n) is 4.70. The molecule has 3 rings (SSSR count). The summed E-state index contributed by atoms with van der Waals surface area (Å²) in [5.41, 5.74) is 0.555. The quantitative estimate of drug-likeness (QED) is 0.749. The number of para-hydroxylation sites is 1. The van der Waals surface area contributed by atoms with Crippen molar-refractivity contribution in [1.29, 1.82) is 0 Å². The standard InChI is InChI=1S/C14H14N4O2S2/c1-22(19,20)12-7-3-2-5-10(12)15-9-13-16-14(18-17-13)11-6-4-8-21-11/h2-8,15H,9H2,1H3,(H,16,17,18). The summed E-state index contributed by atoms with van der Waals surface area (Å²) >= 11 is 1.56. The lowest BCUT2D eigenvalue weighted by Gasteiger charge is -2.09. The average molecular weight is 334 g/mol. The summed E-state index contributed by atoms with van der Waals surface area (Å²) in [7, 11) is -3.28. The van der Waals surface area contributed by atoms with Crippen molar-refractivity contribution >= 4 is 26.9 Å². The largest absolute Gasteiger partial charge is 0.377 e. The van der Waals surface area contributed by atoms with Crippen molar-refractivity contribution in [3.63, 3.8) is 0 Å². The molecule has 0 amide bonds. The highest BCUT2D eigenvalue weighted by atomic mass is 32.2. The summed E-state index contributed by atoms with van der Waals surface area (Å²) in [5, 5.41) is 12.1. The van der Waals surface area contributed by atoms with Crippen LogP contribution in [-0.2, 0) is 16.4 Å². The third-order valence-electron chi connectivity index (χ3n) is 3.01. The van der Waals surface area contributed by atoms with Gasteiger partial charge in [-0.15, -0.1) is 11.3 Å². The van der Waals surface area contributed by atoms with Crippen LogP contribution in [0.25, 0.3) is 10.7 Å². The Hall–Kier alpha value is -2.19. The van der Waals surface area contributed by atoms with Gasteiger partial charge in [0.25, 0.3) is 0 Å². The molecule has 0 unspecified atom stereocenters. The van der Waals surface area contributed by atoms with Crippen LogP contribution in [0.15, 0.2) is 46.7 Å². The van der Waals surface area contributed by atoms with E-state index in [1.54, 1.807) is 35.6 Å². The molecule has 6 nitrogen and oxygen atoms in total. The molecule has 0 radical (unpaired) electrons. The number of thiophene rings is 1. The van der Waals surface area contributed by atoms with E-state index in [0.717, 1.165) is 4.88 Å². The van der Waals surface area contributed by atoms with Gasteiger partial charge in [0.1, 0.15) is 5.82 Å². The van der Waals surface area contributed by atoms with Crippen molar-refractivity contribution in [3.8, 4) is 10.7 Å². The Morgan fingerprint density at radius 1 is 1.23 bits per heavy atom. The van der Waals surface area contributed by atoms with Gasteiger partial charge in [-0.25, -0.2) is 13.4 Å². The fourth-order valence-electron chi connectivity index (χ4n) is 2.01. The van der Waals surface area contributed by atoms with Crippen LogP contribution in [0.3, 0.4) is 0 Å². The number of hydrogen-bond acceptors (Lipinski definition) is 6. The van der Waals surface area contributed by atoms with Crippen LogP contribution in [0.1, 0.15) is 5.82 Å². The molecule has 0 fully saturated rings. The van der Waals surface area contributed by atoms with E-state index in [-0.39, 0.29) is 4.90 Å². The van der Waals surface area contributed by atoms with Crippen molar-refractivity contribution in [2.24, 2.45) is 0 Å². The molecule has 22 heavy (non-hydrogen) atoms. The highest BCUT2D eigenvalue weighted by molar-refractivity contribution is 7.90. The van der Waals surface area contributed by atoms with E-state index in [9.17, 15) is 8.42 Å². The zero-order valence-corrected chi connectivity index (χ0v) is 13.4. The third-order valence-corrected chi connectivity index (χ3v) is 5.03. The summed E-state index contributed by atoms with van der Waals surface area (Å²) in [4.78, 5) is 5.65. The molecular weight excluding hydrogens is 320 g/mol. The number of nitrogens with zero attached hydrogens (tertiary/aromatic N) is 2. The van der Waals surface area contributed by atoms with Crippen molar-refractivity contribution in [2.45, 2.75) is 11.4 Å². The van der Waals surface area contributed by atoms with Gasteiger partial charge in [-0.2, -0.15) is 5.10 Å². The van der Waals surface area contributed by atoms with Crippen molar-refractivity contribution in [3.05, 3.63) is 47.6 Å². The van der Waals surface area contributed by atoms with Crippen LogP contribution < -0.4 is 5.32 Å². The average Bonchev–Trinajstić information content (AvgIpc) is 3.15. The monoisotopic (exact) mass is 334 g/mol. The predicted octanol–water partition coefficient (Wildman–Crippen LogP) is 2.55. The van der Waals surface area contributed by atoms with E-state index in [1.807, 2.05) is 17.5 Å². The molecule has 0 aliphatic carbocycles. The lowest BCUT2D eigenvalue weighted by molar-refractivity contribution is 0.602. The Bertz CT molecular complexity index is 870. The number of benzene rings is 1. The van der Waals surface area contributed by atoms with Crippen LogP contribution in [0.4, 0.5) is 5.69 Å². The maximum absolute atomic E-state index is 11.8. The number of aromatic amines is 1. The van der Waals surface area contributed by atoms with Crippen LogP contribution in [0.5, 0.6) is 0 Å². The van der Waals surface area contributed by atoms with Crippen molar-refractivity contribution in [1.82, 2.24) is 15.2 Å². The van der Waals surface area contributed by atoms with Gasteiger partial charge in [-0.1, -0.05) is 18.2 Å². The third kappa shape index (κ3) is 3.18. The summed E-state index contributed by atoms with van der Waals surface area (Å²) in [6, 6.07) is 10.7. The molecule has 0 aliphatic heterocycles. The predicted molar refractivity (Wildman–Crippen MR) is 86.6 cm³/mol. The van der Waals surface area contributed by atoms with Crippen LogP contribution in [0, 0.1) is 0 Å². The minimum absolute atomic E-state index is 0.271. The fourth-order valence-corrected chi connectivity index (χ4v) is 3.53. The number of hydrogen-bond donors (Lipinski definition) is 2. The number of aromatic nitrogens is 3. The molecule has 0 saturated carbocycles. The number of sulfone groups is 1. The molecule has 2 N–H and O–H groups in total. The van der Waals surface area contributed by atoms with E-state index < -0.39 is 9.84 Å². The molecule has 0 bridgehead atoms. The molecule has 2 heterocycles. The summed E-state index contributed by atoms with van der Waals surface area (Å²) in [6.07, 6.45) is 1.19. The Morgan fingerprint density at radius 2 is 2.05 bits per heavy atom. The van der Waals surface area contributed by atoms with E-state index in [4.69, 9.17) is 0 Å². The number of nitrogens with one attached hydrogen (secondary N) is 2. The molecule has 8 heteroatoms. The first kappa shape index (κ1) is 14.7. The Morgan fingerprint density at radius 3 is 2.77 bits per heavy atom. The van der Waals surface area contributed by atoms with E-state index in [0.29, 0.717) is 23.9 Å². The van der Waals surface area contributed by atoms with Gasteiger partial charge < -0.3 is 5.32 Å². The lowest BCUT2D eigenvalue weighted by atomic mass is 10.3. The number of rotatable bonds is 5. The molecule has 2 aromatic heterocycles. The number of anilines is 1. The molecule has 1 aromatic carbocycles. The van der Waals surface area contributed by atoms with Crippen molar-refractivity contribution < 1.29 is 8.42 Å². The minimum Gasteiger partial charge on any atom is -0.377 e. The Kier molecular flexibility index (Phi) is 3.95. The maximum Gasteiger partial charge on any atom is 0.191 e. The molecular formula is C14H14N4O2S2. The summed E-state index contributed by atoms with van der Waals surface area (Å²) in [6.45, 7) is 0.366. The zero-order chi connectivity index (χ0) is 15.6. The molecule has 0 saturated heterocycles. The highest BCUT2D eigenvalue weighted by Crippen LogP contribution is 2.22. The van der Waals surface area contributed by atoms with E-state index in [1.165, 1.54) is 6.26 Å². The highest BCUT2D eigenvalue weighted by Gasteiger charge is 2.13. The van der Waals surface area contributed by atoms with Crippen LogP contribution >= 0.6 is 11.3 Å². The topological polar surface area (TPSA) is 87.7 Å². The van der Waals surface area contributed by atoms with Gasteiger partial charge in [0.2, 0.25) is 0 Å². The fraction of sp³-hybridized carbons (Fsp3) is 0.143. The Labute approximate surface area is 132 Å². The minimum atomic E-state index is -3.28. The van der Waals surface area contributed by atoms with Crippen LogP contribution in [-0.4, -0.2) is 29.9 Å². The van der Waals surface area contributed by atoms with Gasteiger partial charge in [-0.3, -0.25) is 5.10 Å². The second kappa shape index (κ2) is 5.90. The van der Waals surface area contributed by atoms with Gasteiger partial charge in [-0.05, 0) is 23.6 Å². The Balaban J connectivity index is 1.77. The summed E-state index contributed by atoms with van der Waals surface area (Å²) in [5.74, 6) is 1.29. The molecule has 114 valence electrons. The SMILES string of the molecule is CS(=O)(=O)c1ccccc1NCc1nc(-c2cccs2)n[nH]1. The molecule has 0 spiro atoms. The van der Waals surface area contributed by atoms with Gasteiger partial charge >= 0.3 is 0 Å².